The van der Waals surface area contributed by atoms with Crippen LogP contribution in [0.3, 0.4) is 0 Å². The van der Waals surface area contributed by atoms with Crippen LogP contribution >= 0.6 is 0 Å². The quantitative estimate of drug-likeness (QED) is 0.731. The molecule has 3 heteroatoms. The van der Waals surface area contributed by atoms with Crippen LogP contribution in [0.4, 0.5) is 0 Å². The highest BCUT2D eigenvalue weighted by molar-refractivity contribution is 5.87. The van der Waals surface area contributed by atoms with Crippen LogP contribution in [0, 0.1) is 23.2 Å². The second kappa shape index (κ2) is 2.81. The smallest absolute Gasteiger partial charge is 0.304 e. The third-order valence-electron chi connectivity index (χ3n) is 4.29. The van der Waals surface area contributed by atoms with Gasteiger partial charge in [-0.15, -0.1) is 0 Å². The van der Waals surface area contributed by atoms with Gasteiger partial charge in [-0.05, 0) is 23.7 Å². The van der Waals surface area contributed by atoms with Crippen LogP contribution in [0.25, 0.3) is 0 Å². The molecule has 0 aliphatic heterocycles. The monoisotopic (exact) mass is 196 g/mol. The summed E-state index contributed by atoms with van der Waals surface area (Å²) < 4.78 is 0. The van der Waals surface area contributed by atoms with Crippen LogP contribution in [0.2, 0.25) is 0 Å². The van der Waals surface area contributed by atoms with Crippen LogP contribution in [0.15, 0.2) is 0 Å². The molecule has 3 aliphatic rings. The minimum Gasteiger partial charge on any atom is -0.481 e. The van der Waals surface area contributed by atoms with Crippen molar-refractivity contribution in [2.24, 2.45) is 23.2 Å². The van der Waals surface area contributed by atoms with Gasteiger partial charge in [-0.2, -0.15) is 0 Å². The van der Waals surface area contributed by atoms with Crippen molar-refractivity contribution in [1.82, 2.24) is 0 Å². The fraction of sp³-hybridized carbons (Fsp3) is 0.818. The van der Waals surface area contributed by atoms with Gasteiger partial charge in [0.15, 0.2) is 0 Å². The lowest BCUT2D eigenvalue weighted by Crippen LogP contribution is -2.56. The van der Waals surface area contributed by atoms with E-state index in [1.807, 2.05) is 0 Å². The van der Waals surface area contributed by atoms with Crippen LogP contribution in [-0.2, 0) is 9.59 Å². The Kier molecular flexibility index (Phi) is 1.95. The van der Waals surface area contributed by atoms with Gasteiger partial charge >= 0.3 is 5.97 Å². The standard InChI is InChI=1S/C11H16O3/c1-11(2)6-3-8(11)7(5-10(13)14)9(12)4-6/h6-8H,3-5H2,1-2H3,(H,13,14). The zero-order valence-corrected chi connectivity index (χ0v) is 8.62. The molecule has 0 heterocycles. The molecule has 14 heavy (non-hydrogen) atoms. The largest absolute Gasteiger partial charge is 0.481 e. The highest BCUT2D eigenvalue weighted by atomic mass is 16.4. The summed E-state index contributed by atoms with van der Waals surface area (Å²) >= 11 is 0. The van der Waals surface area contributed by atoms with Crippen molar-refractivity contribution in [1.29, 1.82) is 0 Å². The summed E-state index contributed by atoms with van der Waals surface area (Å²) in [5, 5.41) is 8.74. The first kappa shape index (κ1) is 9.69. The SMILES string of the molecule is CC1(C)C2CC(=O)C(CC(=O)O)C1C2. The first-order chi connectivity index (χ1) is 6.43. The lowest BCUT2D eigenvalue weighted by atomic mass is 9.45. The molecule has 0 saturated heterocycles. The zero-order chi connectivity index (χ0) is 10.5. The summed E-state index contributed by atoms with van der Waals surface area (Å²) in [4.78, 5) is 22.2. The van der Waals surface area contributed by atoms with Crippen molar-refractivity contribution in [2.75, 3.05) is 0 Å². The van der Waals surface area contributed by atoms with Gasteiger partial charge in [0.25, 0.3) is 0 Å². The number of carbonyl (C=O) groups excluding carboxylic acids is 1. The Labute approximate surface area is 83.5 Å². The van der Waals surface area contributed by atoms with Crippen molar-refractivity contribution in [2.45, 2.75) is 33.1 Å². The molecule has 0 amide bonds. The highest BCUT2D eigenvalue weighted by Gasteiger charge is 2.57. The third-order valence-corrected chi connectivity index (χ3v) is 4.29. The summed E-state index contributed by atoms with van der Waals surface area (Å²) in [7, 11) is 0. The predicted molar refractivity (Wildman–Crippen MR) is 50.7 cm³/mol. The Bertz CT molecular complexity index is 293. The Hall–Kier alpha value is -0.860. The minimum absolute atomic E-state index is 0.0274. The topological polar surface area (TPSA) is 54.4 Å². The van der Waals surface area contributed by atoms with Crippen molar-refractivity contribution in [3.63, 3.8) is 0 Å². The van der Waals surface area contributed by atoms with Crippen LogP contribution in [0.1, 0.15) is 33.1 Å². The normalized spacial score (nSPS) is 39.0. The summed E-state index contributed by atoms with van der Waals surface area (Å²) in [6.07, 6.45) is 1.68. The van der Waals surface area contributed by atoms with Crippen LogP contribution < -0.4 is 0 Å². The third kappa shape index (κ3) is 1.18. The van der Waals surface area contributed by atoms with Crippen molar-refractivity contribution < 1.29 is 14.7 Å². The van der Waals surface area contributed by atoms with Crippen molar-refractivity contribution in [3.05, 3.63) is 0 Å². The Morgan fingerprint density at radius 3 is 2.71 bits per heavy atom. The summed E-state index contributed by atoms with van der Waals surface area (Å²) in [5.41, 5.74) is 0.189. The molecule has 3 rings (SSSR count). The van der Waals surface area contributed by atoms with E-state index in [1.165, 1.54) is 0 Å². The maximum Gasteiger partial charge on any atom is 0.304 e. The van der Waals surface area contributed by atoms with Gasteiger partial charge < -0.3 is 5.11 Å². The number of hydrogen-bond donors (Lipinski definition) is 1. The van der Waals surface area contributed by atoms with E-state index in [2.05, 4.69) is 13.8 Å². The maximum atomic E-state index is 11.6. The van der Waals surface area contributed by atoms with Crippen molar-refractivity contribution >= 4 is 11.8 Å². The van der Waals surface area contributed by atoms with Gasteiger partial charge in [-0.3, -0.25) is 9.59 Å². The number of hydrogen-bond acceptors (Lipinski definition) is 2. The fourth-order valence-electron chi connectivity index (χ4n) is 3.15. The van der Waals surface area contributed by atoms with E-state index in [-0.39, 0.29) is 23.5 Å². The molecule has 0 radical (unpaired) electrons. The van der Waals surface area contributed by atoms with E-state index in [9.17, 15) is 9.59 Å². The summed E-state index contributed by atoms with van der Waals surface area (Å²) in [6.45, 7) is 4.32. The molecule has 3 unspecified atom stereocenters. The molecule has 3 atom stereocenters. The molecule has 78 valence electrons. The Morgan fingerprint density at radius 1 is 1.57 bits per heavy atom. The number of carboxylic acids is 1. The second-order valence-electron chi connectivity index (χ2n) is 5.24. The van der Waals surface area contributed by atoms with Gasteiger partial charge in [0, 0.05) is 12.3 Å². The molecule has 3 aliphatic carbocycles. The minimum atomic E-state index is -0.843. The van der Waals surface area contributed by atoms with Crippen LogP contribution in [0.5, 0.6) is 0 Å². The van der Waals surface area contributed by atoms with E-state index in [4.69, 9.17) is 5.11 Å². The van der Waals surface area contributed by atoms with E-state index in [0.29, 0.717) is 18.3 Å². The summed E-state index contributed by atoms with van der Waals surface area (Å²) in [6, 6.07) is 0. The van der Waals surface area contributed by atoms with Crippen molar-refractivity contribution in [3.8, 4) is 0 Å². The average molecular weight is 196 g/mol. The van der Waals surface area contributed by atoms with Crippen LogP contribution in [-0.4, -0.2) is 16.9 Å². The van der Waals surface area contributed by atoms with E-state index >= 15 is 0 Å². The molecule has 2 bridgehead atoms. The molecular formula is C11H16O3. The van der Waals surface area contributed by atoms with E-state index in [1.54, 1.807) is 0 Å². The molecule has 0 aromatic rings. The van der Waals surface area contributed by atoms with E-state index < -0.39 is 5.97 Å². The van der Waals surface area contributed by atoms with E-state index in [0.717, 1.165) is 6.42 Å². The molecule has 0 aromatic heterocycles. The Morgan fingerprint density at radius 2 is 2.21 bits per heavy atom. The van der Waals surface area contributed by atoms with Gasteiger partial charge in [-0.1, -0.05) is 13.8 Å². The first-order valence-corrected chi connectivity index (χ1v) is 5.17. The lowest BCUT2D eigenvalue weighted by molar-refractivity contribution is -0.161. The van der Waals surface area contributed by atoms with Gasteiger partial charge in [0.1, 0.15) is 5.78 Å². The number of ketones is 1. The molecular weight excluding hydrogens is 180 g/mol. The number of aliphatic carboxylic acids is 1. The second-order valence-corrected chi connectivity index (χ2v) is 5.24. The maximum absolute atomic E-state index is 11.6. The van der Waals surface area contributed by atoms with Gasteiger partial charge in [0.2, 0.25) is 0 Å². The first-order valence-electron chi connectivity index (χ1n) is 5.17. The Balaban J connectivity index is 2.15. The number of Topliss-reactive ketones (excluding diaryl/α,β-unsaturated/α-hetero) is 1. The molecule has 0 spiro atoms. The van der Waals surface area contributed by atoms with Gasteiger partial charge in [0.05, 0.1) is 6.42 Å². The number of fused-ring (bicyclic) bond motifs is 2. The number of rotatable bonds is 2. The number of carboxylic acid groups (broad SMARTS) is 1. The number of carbonyl (C=O) groups is 2. The lowest BCUT2D eigenvalue weighted by Gasteiger charge is -2.59. The molecule has 3 saturated carbocycles. The molecule has 3 fully saturated rings. The molecule has 1 N–H and O–H groups in total. The molecule has 3 nitrogen and oxygen atoms in total. The van der Waals surface area contributed by atoms with Gasteiger partial charge in [-0.25, -0.2) is 0 Å². The predicted octanol–water partition coefficient (Wildman–Crippen LogP) is 1.71. The highest BCUT2D eigenvalue weighted by Crippen LogP contribution is 2.60. The summed E-state index contributed by atoms with van der Waals surface area (Å²) in [5.74, 6) is -0.0696. The fourth-order valence-corrected chi connectivity index (χ4v) is 3.15. The zero-order valence-electron chi connectivity index (χ0n) is 8.62. The molecule has 0 aromatic carbocycles. The average Bonchev–Trinajstić information content (AvgIpc) is 2.06.